The van der Waals surface area contributed by atoms with Gasteiger partial charge in [-0.3, -0.25) is 9.69 Å². The summed E-state index contributed by atoms with van der Waals surface area (Å²) in [7, 11) is 3.44. The van der Waals surface area contributed by atoms with Crippen molar-refractivity contribution in [3.63, 3.8) is 0 Å². The first-order chi connectivity index (χ1) is 18.0. The number of ether oxygens (including phenoxy) is 1. The molecule has 0 unspecified atom stereocenters. The van der Waals surface area contributed by atoms with E-state index in [1.807, 2.05) is 31.4 Å². The molecule has 9 heteroatoms. The molecule has 1 aliphatic heterocycles. The Hall–Kier alpha value is -4.24. The zero-order valence-corrected chi connectivity index (χ0v) is 20.9. The summed E-state index contributed by atoms with van der Waals surface area (Å²) in [4.78, 5) is 23.7. The number of para-hydroxylation sites is 1. The molecule has 0 atom stereocenters. The summed E-state index contributed by atoms with van der Waals surface area (Å²) in [6.07, 6.45) is 9.29. The highest BCUT2D eigenvalue weighted by atomic mass is 19.1. The lowest BCUT2D eigenvalue weighted by Gasteiger charge is -2.14. The fraction of sp³-hybridized carbons (Fsp3) is 0.250. The van der Waals surface area contributed by atoms with Gasteiger partial charge >= 0.3 is 0 Å². The lowest BCUT2D eigenvalue weighted by Crippen LogP contribution is -2.19. The number of carbonyl (C=O) groups excluding carboxylic acids is 1. The van der Waals surface area contributed by atoms with Gasteiger partial charge in [-0.15, -0.1) is 0 Å². The molecule has 2 N–H and O–H groups in total. The van der Waals surface area contributed by atoms with Crippen LogP contribution in [0.5, 0.6) is 5.75 Å². The quantitative estimate of drug-likeness (QED) is 0.327. The number of rotatable bonds is 8. The third-order valence-electron chi connectivity index (χ3n) is 6.45. The largest absolute Gasteiger partial charge is 0.494 e. The number of nitrogens with one attached hydrogen (secondary N) is 2. The molecule has 0 bridgehead atoms. The maximum Gasteiger partial charge on any atom is 0.248 e. The van der Waals surface area contributed by atoms with Crippen LogP contribution in [-0.2, 0) is 11.8 Å². The van der Waals surface area contributed by atoms with E-state index in [2.05, 4.69) is 42.2 Å². The second-order valence-electron chi connectivity index (χ2n) is 8.99. The number of aryl methyl sites for hydroxylation is 1. The molecule has 1 aliphatic rings. The molecule has 190 valence electrons. The Kier molecular flexibility index (Phi) is 7.14. The van der Waals surface area contributed by atoms with E-state index < -0.39 is 11.7 Å². The number of halogens is 1. The van der Waals surface area contributed by atoms with E-state index in [1.165, 1.54) is 38.2 Å². The number of likely N-dealkylation sites (tertiary alicyclic amines) is 1. The first-order valence-electron chi connectivity index (χ1n) is 12.2. The fourth-order valence-corrected chi connectivity index (χ4v) is 4.60. The average Bonchev–Trinajstić information content (AvgIpc) is 3.54. The minimum atomic E-state index is -0.603. The lowest BCUT2D eigenvalue weighted by atomic mass is 10.1. The van der Waals surface area contributed by atoms with Gasteiger partial charge in [-0.05, 0) is 44.1 Å². The minimum absolute atomic E-state index is 0.0318. The third-order valence-corrected chi connectivity index (χ3v) is 6.45. The van der Waals surface area contributed by atoms with Gasteiger partial charge in [0.25, 0.3) is 0 Å². The summed E-state index contributed by atoms with van der Waals surface area (Å²) in [5.41, 5.74) is 3.27. The highest BCUT2D eigenvalue weighted by molar-refractivity contribution is 6.00. The topological polar surface area (TPSA) is 84.3 Å². The number of aromatic nitrogens is 3. The molecule has 1 amide bonds. The molecule has 8 nitrogen and oxygen atoms in total. The smallest absolute Gasteiger partial charge is 0.248 e. The molecule has 2 aromatic heterocycles. The second-order valence-corrected chi connectivity index (χ2v) is 8.99. The molecule has 0 aliphatic carbocycles. The van der Waals surface area contributed by atoms with E-state index in [4.69, 9.17) is 4.74 Å². The summed E-state index contributed by atoms with van der Waals surface area (Å²) in [5.74, 6) is -0.421. The predicted octanol–water partition coefficient (Wildman–Crippen LogP) is 5.12. The van der Waals surface area contributed by atoms with Crippen molar-refractivity contribution in [3.05, 3.63) is 72.8 Å². The van der Waals surface area contributed by atoms with E-state index in [1.54, 1.807) is 12.3 Å². The van der Waals surface area contributed by atoms with Crippen LogP contribution >= 0.6 is 0 Å². The van der Waals surface area contributed by atoms with Crippen molar-refractivity contribution in [1.29, 1.82) is 0 Å². The molecule has 1 fully saturated rings. The van der Waals surface area contributed by atoms with Crippen molar-refractivity contribution in [2.24, 2.45) is 7.05 Å². The van der Waals surface area contributed by atoms with Gasteiger partial charge in [-0.1, -0.05) is 24.3 Å². The van der Waals surface area contributed by atoms with Crippen LogP contribution < -0.4 is 15.4 Å². The van der Waals surface area contributed by atoms with Gasteiger partial charge in [-0.25, -0.2) is 14.4 Å². The summed E-state index contributed by atoms with van der Waals surface area (Å²) >= 11 is 0. The van der Waals surface area contributed by atoms with E-state index in [0.29, 0.717) is 18.2 Å². The Morgan fingerprint density at radius 3 is 2.78 bits per heavy atom. The van der Waals surface area contributed by atoms with Gasteiger partial charge in [0.2, 0.25) is 11.9 Å². The molecule has 0 saturated carbocycles. The van der Waals surface area contributed by atoms with Crippen molar-refractivity contribution in [2.45, 2.75) is 12.8 Å². The Labute approximate surface area is 214 Å². The Morgan fingerprint density at radius 1 is 1.16 bits per heavy atom. The molecule has 4 aromatic rings. The number of anilines is 3. The standard InChI is InChI=1S/C28H29FN6O2/c1-34-18-20(19-8-3-4-9-25(19)34)22-11-12-30-28(32-22)33-24-17-23(21(29)16-26(24)37-2)31-27(36)10-7-15-35-13-5-6-14-35/h3-4,7-12,16-18H,5-6,13-15H2,1-2H3,(H,31,36)(H,30,32,33)/b10-7+. The molecular formula is C28H29FN6O2. The molecule has 1 saturated heterocycles. The molecule has 3 heterocycles. The fourth-order valence-electron chi connectivity index (χ4n) is 4.60. The zero-order valence-electron chi connectivity index (χ0n) is 20.9. The molecule has 0 spiro atoms. The molecule has 0 radical (unpaired) electrons. The zero-order chi connectivity index (χ0) is 25.8. The van der Waals surface area contributed by atoms with E-state index in [9.17, 15) is 9.18 Å². The first kappa shape index (κ1) is 24.5. The third kappa shape index (κ3) is 5.46. The van der Waals surface area contributed by atoms with Crippen LogP contribution in [0.3, 0.4) is 0 Å². The maximum absolute atomic E-state index is 14.7. The van der Waals surface area contributed by atoms with Crippen molar-refractivity contribution in [1.82, 2.24) is 19.4 Å². The number of hydrogen-bond donors (Lipinski definition) is 2. The average molecular weight is 501 g/mol. The minimum Gasteiger partial charge on any atom is -0.494 e. The molecule has 2 aromatic carbocycles. The maximum atomic E-state index is 14.7. The first-order valence-corrected chi connectivity index (χ1v) is 12.2. The van der Waals surface area contributed by atoms with E-state index in [0.717, 1.165) is 35.2 Å². The van der Waals surface area contributed by atoms with Crippen LogP contribution in [0.2, 0.25) is 0 Å². The van der Waals surface area contributed by atoms with E-state index >= 15 is 0 Å². The number of amides is 1. The number of fused-ring (bicyclic) bond motifs is 1. The highest BCUT2D eigenvalue weighted by Crippen LogP contribution is 2.33. The summed E-state index contributed by atoms with van der Waals surface area (Å²) in [5, 5.41) is 6.81. The van der Waals surface area contributed by atoms with Crippen LogP contribution in [0.25, 0.3) is 22.2 Å². The van der Waals surface area contributed by atoms with Gasteiger partial charge in [0, 0.05) is 54.6 Å². The monoisotopic (exact) mass is 500 g/mol. The van der Waals surface area contributed by atoms with Crippen LogP contribution in [-0.4, -0.2) is 52.1 Å². The SMILES string of the molecule is COc1cc(F)c(NC(=O)/C=C/CN2CCCC2)cc1Nc1nccc(-c2cn(C)c3ccccc23)n1. The van der Waals surface area contributed by atoms with Crippen molar-refractivity contribution in [3.8, 4) is 17.0 Å². The van der Waals surface area contributed by atoms with Crippen molar-refractivity contribution in [2.75, 3.05) is 37.4 Å². The normalized spacial score (nSPS) is 13.9. The van der Waals surface area contributed by atoms with Gasteiger partial charge in [0.15, 0.2) is 5.82 Å². The van der Waals surface area contributed by atoms with E-state index in [-0.39, 0.29) is 11.4 Å². The lowest BCUT2D eigenvalue weighted by molar-refractivity contribution is -0.111. The van der Waals surface area contributed by atoms with Crippen LogP contribution in [0, 0.1) is 5.82 Å². The van der Waals surface area contributed by atoms with Gasteiger partial charge in [0.1, 0.15) is 5.75 Å². The van der Waals surface area contributed by atoms with Gasteiger partial charge < -0.3 is 19.9 Å². The molecule has 37 heavy (non-hydrogen) atoms. The van der Waals surface area contributed by atoms with Crippen LogP contribution in [0.15, 0.2) is 67.0 Å². The Balaban J connectivity index is 1.36. The summed E-state index contributed by atoms with van der Waals surface area (Å²) in [6, 6.07) is 12.6. The number of nitrogens with zero attached hydrogens (tertiary/aromatic N) is 4. The highest BCUT2D eigenvalue weighted by Gasteiger charge is 2.15. The summed E-state index contributed by atoms with van der Waals surface area (Å²) in [6.45, 7) is 2.78. The number of benzene rings is 2. The number of carbonyl (C=O) groups is 1. The van der Waals surface area contributed by atoms with Crippen LogP contribution in [0.1, 0.15) is 12.8 Å². The Morgan fingerprint density at radius 2 is 1.97 bits per heavy atom. The second kappa shape index (κ2) is 10.8. The van der Waals surface area contributed by atoms with Crippen LogP contribution in [0.4, 0.5) is 21.7 Å². The van der Waals surface area contributed by atoms with Crippen molar-refractivity contribution >= 4 is 34.1 Å². The molecular weight excluding hydrogens is 471 g/mol. The number of hydrogen-bond acceptors (Lipinski definition) is 6. The van der Waals surface area contributed by atoms with Gasteiger partial charge in [0.05, 0.1) is 24.2 Å². The van der Waals surface area contributed by atoms with Gasteiger partial charge in [-0.2, -0.15) is 0 Å². The number of methoxy groups -OCH3 is 1. The Bertz CT molecular complexity index is 1460. The van der Waals surface area contributed by atoms with Crippen molar-refractivity contribution < 1.29 is 13.9 Å². The summed E-state index contributed by atoms with van der Waals surface area (Å²) < 4.78 is 22.1. The predicted molar refractivity (Wildman–Crippen MR) is 144 cm³/mol. The molecule has 5 rings (SSSR count).